The molecule has 1 rings (SSSR count). The van der Waals surface area contributed by atoms with Crippen LogP contribution in [0.25, 0.3) is 0 Å². The molecule has 0 spiro atoms. The predicted octanol–water partition coefficient (Wildman–Crippen LogP) is 2.03. The second-order valence-corrected chi connectivity index (χ2v) is 4.52. The number of aliphatic hydroxyl groups excluding tert-OH is 1. The van der Waals surface area contributed by atoms with Crippen LogP contribution in [0.3, 0.4) is 0 Å². The zero-order valence-corrected chi connectivity index (χ0v) is 12.1. The number of halogens is 1. The molecule has 0 saturated heterocycles. The second kappa shape index (κ2) is 6.23. The van der Waals surface area contributed by atoms with Crippen LogP contribution in [-0.4, -0.2) is 32.9 Å². The monoisotopic (exact) mass is 303 g/mol. The van der Waals surface area contributed by atoms with Crippen molar-refractivity contribution >= 4 is 15.9 Å². The quantitative estimate of drug-likeness (QED) is 0.874. The van der Waals surface area contributed by atoms with Gasteiger partial charge in [-0.15, -0.1) is 0 Å². The molecule has 96 valence electrons. The lowest BCUT2D eigenvalue weighted by atomic mass is 10.0. The van der Waals surface area contributed by atoms with E-state index in [1.165, 1.54) is 0 Å². The van der Waals surface area contributed by atoms with Crippen LogP contribution in [0.4, 0.5) is 0 Å². The molecule has 0 heterocycles. The van der Waals surface area contributed by atoms with E-state index in [1.807, 2.05) is 13.0 Å². The molecule has 0 saturated carbocycles. The van der Waals surface area contributed by atoms with Gasteiger partial charge >= 0.3 is 0 Å². The number of likely N-dealkylation sites (N-methyl/N-ethyl adjacent to an activating group) is 1. The number of methoxy groups -OCH3 is 2. The number of aliphatic hydroxyl groups is 1. The van der Waals surface area contributed by atoms with Crippen molar-refractivity contribution in [3.8, 4) is 11.5 Å². The maximum Gasteiger partial charge on any atom is 0.136 e. The molecule has 0 aromatic heterocycles. The molecular weight excluding hydrogens is 286 g/mol. The standard InChI is InChI=1S/C12H18BrNO3/c1-7-5-9(16-3)10(8(15)6-14-2)11(13)12(7)17-4/h5,8,14-15H,6H2,1-4H3. The van der Waals surface area contributed by atoms with Crippen LogP contribution < -0.4 is 14.8 Å². The minimum absolute atomic E-state index is 0.446. The lowest BCUT2D eigenvalue weighted by Gasteiger charge is -2.19. The first-order valence-electron chi connectivity index (χ1n) is 5.30. The summed E-state index contributed by atoms with van der Waals surface area (Å²) in [6, 6.07) is 1.86. The Balaban J connectivity index is 3.34. The molecule has 0 aliphatic heterocycles. The van der Waals surface area contributed by atoms with Crippen LogP contribution in [-0.2, 0) is 0 Å². The number of hydrogen-bond donors (Lipinski definition) is 2. The van der Waals surface area contributed by atoms with Gasteiger partial charge in [-0.1, -0.05) is 0 Å². The Bertz CT molecular complexity index is 396. The molecule has 0 bridgehead atoms. The van der Waals surface area contributed by atoms with Gasteiger partial charge in [0.05, 0.1) is 24.8 Å². The van der Waals surface area contributed by atoms with Crippen molar-refractivity contribution in [1.82, 2.24) is 5.32 Å². The van der Waals surface area contributed by atoms with Crippen molar-refractivity contribution in [2.45, 2.75) is 13.0 Å². The highest BCUT2D eigenvalue weighted by Gasteiger charge is 2.21. The van der Waals surface area contributed by atoms with Crippen molar-refractivity contribution in [2.75, 3.05) is 27.8 Å². The fourth-order valence-electron chi connectivity index (χ4n) is 1.77. The Morgan fingerprint density at radius 2 is 2.06 bits per heavy atom. The molecule has 1 aromatic rings. The Kier molecular flexibility index (Phi) is 5.24. The van der Waals surface area contributed by atoms with Gasteiger partial charge in [-0.05, 0) is 41.5 Å². The van der Waals surface area contributed by atoms with E-state index in [-0.39, 0.29) is 0 Å². The first-order valence-corrected chi connectivity index (χ1v) is 6.09. The first-order chi connectivity index (χ1) is 8.06. The SMILES string of the molecule is CNCC(O)c1c(OC)cc(C)c(OC)c1Br. The average molecular weight is 304 g/mol. The topological polar surface area (TPSA) is 50.7 Å². The van der Waals surface area contributed by atoms with Crippen molar-refractivity contribution in [3.05, 3.63) is 21.7 Å². The van der Waals surface area contributed by atoms with Gasteiger partial charge < -0.3 is 19.9 Å². The minimum Gasteiger partial charge on any atom is -0.496 e. The zero-order valence-electron chi connectivity index (χ0n) is 10.5. The van der Waals surface area contributed by atoms with E-state index in [4.69, 9.17) is 9.47 Å². The van der Waals surface area contributed by atoms with Gasteiger partial charge in [-0.2, -0.15) is 0 Å². The summed E-state index contributed by atoms with van der Waals surface area (Å²) in [5.74, 6) is 1.37. The van der Waals surface area contributed by atoms with Crippen LogP contribution in [0, 0.1) is 6.92 Å². The summed E-state index contributed by atoms with van der Waals surface area (Å²) in [7, 11) is 4.98. The van der Waals surface area contributed by atoms with Crippen molar-refractivity contribution in [2.24, 2.45) is 0 Å². The largest absolute Gasteiger partial charge is 0.496 e. The molecule has 17 heavy (non-hydrogen) atoms. The summed E-state index contributed by atoms with van der Waals surface area (Å²) in [6.45, 7) is 2.38. The smallest absolute Gasteiger partial charge is 0.136 e. The number of hydrogen-bond acceptors (Lipinski definition) is 4. The van der Waals surface area contributed by atoms with Crippen LogP contribution >= 0.6 is 15.9 Å². The predicted molar refractivity (Wildman–Crippen MR) is 70.9 cm³/mol. The summed E-state index contributed by atoms with van der Waals surface area (Å²) in [6.07, 6.45) is -0.654. The van der Waals surface area contributed by atoms with Crippen molar-refractivity contribution in [3.63, 3.8) is 0 Å². The van der Waals surface area contributed by atoms with Gasteiger partial charge in [0.25, 0.3) is 0 Å². The van der Waals surface area contributed by atoms with E-state index in [2.05, 4.69) is 21.2 Å². The highest BCUT2D eigenvalue weighted by Crippen LogP contribution is 2.41. The molecule has 0 amide bonds. The lowest BCUT2D eigenvalue weighted by Crippen LogP contribution is -2.18. The lowest BCUT2D eigenvalue weighted by molar-refractivity contribution is 0.172. The molecule has 1 unspecified atom stereocenters. The van der Waals surface area contributed by atoms with Crippen LogP contribution in [0.1, 0.15) is 17.2 Å². The van der Waals surface area contributed by atoms with Gasteiger partial charge in [-0.25, -0.2) is 0 Å². The number of rotatable bonds is 5. The molecule has 0 radical (unpaired) electrons. The van der Waals surface area contributed by atoms with Crippen LogP contribution in [0.15, 0.2) is 10.5 Å². The van der Waals surface area contributed by atoms with E-state index in [1.54, 1.807) is 21.3 Å². The third-order valence-corrected chi connectivity index (χ3v) is 3.35. The third kappa shape index (κ3) is 2.91. The highest BCUT2D eigenvalue weighted by atomic mass is 79.9. The number of nitrogens with one attached hydrogen (secondary N) is 1. The molecule has 4 nitrogen and oxygen atoms in total. The van der Waals surface area contributed by atoms with E-state index < -0.39 is 6.10 Å². The van der Waals surface area contributed by atoms with E-state index in [9.17, 15) is 5.11 Å². The Morgan fingerprint density at radius 3 is 2.53 bits per heavy atom. The van der Waals surface area contributed by atoms with E-state index in [0.29, 0.717) is 17.9 Å². The molecule has 1 aromatic carbocycles. The maximum absolute atomic E-state index is 10.1. The molecule has 1 atom stereocenters. The summed E-state index contributed by atoms with van der Waals surface area (Å²) in [5, 5.41) is 13.0. The maximum atomic E-state index is 10.1. The summed E-state index contributed by atoms with van der Waals surface area (Å²) in [4.78, 5) is 0. The second-order valence-electron chi connectivity index (χ2n) is 3.73. The van der Waals surface area contributed by atoms with Gasteiger partial charge in [0.15, 0.2) is 0 Å². The fraction of sp³-hybridized carbons (Fsp3) is 0.500. The van der Waals surface area contributed by atoms with Gasteiger partial charge in [0.2, 0.25) is 0 Å². The fourth-order valence-corrected chi connectivity index (χ4v) is 2.70. The van der Waals surface area contributed by atoms with Crippen LogP contribution in [0.5, 0.6) is 11.5 Å². The Labute approximate surface area is 110 Å². The molecule has 5 heteroatoms. The molecule has 0 aliphatic carbocycles. The average Bonchev–Trinajstić information content (AvgIpc) is 2.28. The van der Waals surface area contributed by atoms with Crippen molar-refractivity contribution in [1.29, 1.82) is 0 Å². The van der Waals surface area contributed by atoms with Gasteiger partial charge in [-0.3, -0.25) is 0 Å². The first kappa shape index (κ1) is 14.3. The van der Waals surface area contributed by atoms with Crippen molar-refractivity contribution < 1.29 is 14.6 Å². The van der Waals surface area contributed by atoms with E-state index in [0.717, 1.165) is 15.8 Å². The third-order valence-electron chi connectivity index (χ3n) is 2.56. The zero-order chi connectivity index (χ0) is 13.0. The number of aryl methyl sites for hydroxylation is 1. The Morgan fingerprint density at radius 1 is 1.41 bits per heavy atom. The molecular formula is C12H18BrNO3. The highest BCUT2D eigenvalue weighted by molar-refractivity contribution is 9.10. The minimum atomic E-state index is -0.654. The molecule has 2 N–H and O–H groups in total. The normalized spacial score (nSPS) is 12.4. The summed E-state index contributed by atoms with van der Waals surface area (Å²) < 4.78 is 11.3. The summed E-state index contributed by atoms with van der Waals surface area (Å²) >= 11 is 3.46. The van der Waals surface area contributed by atoms with Gasteiger partial charge in [0.1, 0.15) is 11.5 Å². The number of benzene rings is 1. The summed E-state index contributed by atoms with van der Waals surface area (Å²) in [5.41, 5.74) is 1.65. The molecule has 0 fully saturated rings. The Hall–Kier alpha value is -0.780. The molecule has 0 aliphatic rings. The number of ether oxygens (including phenoxy) is 2. The van der Waals surface area contributed by atoms with E-state index >= 15 is 0 Å². The van der Waals surface area contributed by atoms with Gasteiger partial charge in [0, 0.05) is 12.1 Å². The van der Waals surface area contributed by atoms with Crippen LogP contribution in [0.2, 0.25) is 0 Å².